The average molecular weight is 408 g/mol. The third-order valence-corrected chi connectivity index (χ3v) is 6.81. The molecule has 24 heavy (non-hydrogen) atoms. The molecule has 1 unspecified atom stereocenters. The Morgan fingerprint density at radius 1 is 1.12 bits per heavy atom. The SMILES string of the molecule is O=C(CCc1ccccc1Br)NC1CCS(=O)(=O)c2ccccc21. The van der Waals surface area contributed by atoms with Crippen LogP contribution in [0.4, 0.5) is 0 Å². The summed E-state index contributed by atoms with van der Waals surface area (Å²) < 4.78 is 25.3. The van der Waals surface area contributed by atoms with Gasteiger partial charge in [0.1, 0.15) is 0 Å². The number of nitrogens with one attached hydrogen (secondary N) is 1. The van der Waals surface area contributed by atoms with E-state index < -0.39 is 9.84 Å². The maximum atomic E-state index is 12.3. The van der Waals surface area contributed by atoms with E-state index in [2.05, 4.69) is 21.2 Å². The van der Waals surface area contributed by atoms with E-state index in [0.717, 1.165) is 10.0 Å². The molecule has 1 aliphatic rings. The lowest BCUT2D eigenvalue weighted by atomic mass is 10.0. The number of amides is 1. The Morgan fingerprint density at radius 2 is 1.83 bits per heavy atom. The Bertz CT molecular complexity index is 864. The number of rotatable bonds is 4. The molecule has 126 valence electrons. The molecule has 1 heterocycles. The molecule has 2 aromatic carbocycles. The fourth-order valence-electron chi connectivity index (χ4n) is 2.96. The number of carbonyl (C=O) groups excluding carboxylic acids is 1. The highest BCUT2D eigenvalue weighted by Crippen LogP contribution is 2.32. The molecule has 0 saturated carbocycles. The molecule has 1 atom stereocenters. The van der Waals surface area contributed by atoms with Crippen LogP contribution in [0.3, 0.4) is 0 Å². The maximum absolute atomic E-state index is 12.3. The summed E-state index contributed by atoms with van der Waals surface area (Å²) in [5, 5.41) is 2.98. The van der Waals surface area contributed by atoms with Crippen LogP contribution in [-0.2, 0) is 21.1 Å². The summed E-state index contributed by atoms with van der Waals surface area (Å²) in [5.41, 5.74) is 1.78. The first kappa shape index (κ1) is 17.2. The molecular formula is C18H18BrNO3S. The first-order valence-electron chi connectivity index (χ1n) is 7.82. The number of carbonyl (C=O) groups is 1. The van der Waals surface area contributed by atoms with E-state index in [1.54, 1.807) is 24.3 Å². The molecule has 0 radical (unpaired) electrons. The normalized spacial score (nSPS) is 18.6. The van der Waals surface area contributed by atoms with Gasteiger partial charge in [0.05, 0.1) is 16.7 Å². The number of fused-ring (bicyclic) bond motifs is 1. The van der Waals surface area contributed by atoms with Gasteiger partial charge in [-0.3, -0.25) is 4.79 Å². The first-order valence-corrected chi connectivity index (χ1v) is 10.3. The Kier molecular flexibility index (Phi) is 5.06. The van der Waals surface area contributed by atoms with Crippen molar-refractivity contribution in [2.24, 2.45) is 0 Å². The summed E-state index contributed by atoms with van der Waals surface area (Å²) in [6.45, 7) is 0. The van der Waals surface area contributed by atoms with Crippen LogP contribution in [-0.4, -0.2) is 20.1 Å². The van der Waals surface area contributed by atoms with Crippen molar-refractivity contribution in [1.82, 2.24) is 5.32 Å². The van der Waals surface area contributed by atoms with E-state index in [1.165, 1.54) is 0 Å². The maximum Gasteiger partial charge on any atom is 0.220 e. The molecule has 3 rings (SSSR count). The van der Waals surface area contributed by atoms with E-state index in [0.29, 0.717) is 29.7 Å². The molecule has 0 bridgehead atoms. The predicted molar refractivity (Wildman–Crippen MR) is 96.5 cm³/mol. The molecule has 6 heteroatoms. The minimum atomic E-state index is -3.23. The molecule has 1 aliphatic heterocycles. The van der Waals surface area contributed by atoms with Crippen molar-refractivity contribution in [3.8, 4) is 0 Å². The van der Waals surface area contributed by atoms with E-state index in [-0.39, 0.29) is 17.7 Å². The van der Waals surface area contributed by atoms with Crippen LogP contribution in [0.1, 0.15) is 30.0 Å². The zero-order valence-corrected chi connectivity index (χ0v) is 15.4. The number of sulfone groups is 1. The van der Waals surface area contributed by atoms with Gasteiger partial charge in [0.2, 0.25) is 5.91 Å². The van der Waals surface area contributed by atoms with Gasteiger partial charge in [0, 0.05) is 10.9 Å². The minimum absolute atomic E-state index is 0.0649. The molecule has 0 spiro atoms. The second-order valence-corrected chi connectivity index (χ2v) is 8.79. The van der Waals surface area contributed by atoms with Crippen molar-refractivity contribution in [1.29, 1.82) is 0 Å². The molecule has 0 saturated heterocycles. The third-order valence-electron chi connectivity index (χ3n) is 4.22. The molecule has 1 amide bonds. The standard InChI is InChI=1S/C18H18BrNO3S/c19-15-7-3-1-5-13(15)9-10-18(21)20-16-11-12-24(22,23)17-8-4-2-6-14(16)17/h1-8,16H,9-12H2,(H,20,21). The Hall–Kier alpha value is -1.66. The van der Waals surface area contributed by atoms with Crippen LogP contribution < -0.4 is 5.32 Å². The minimum Gasteiger partial charge on any atom is -0.349 e. The average Bonchev–Trinajstić information content (AvgIpc) is 2.57. The van der Waals surface area contributed by atoms with Gasteiger partial charge < -0.3 is 5.32 Å². The number of aryl methyl sites for hydroxylation is 1. The van der Waals surface area contributed by atoms with E-state index >= 15 is 0 Å². The van der Waals surface area contributed by atoms with E-state index in [1.807, 2.05) is 24.3 Å². The van der Waals surface area contributed by atoms with Crippen LogP contribution in [0, 0.1) is 0 Å². The second-order valence-electron chi connectivity index (χ2n) is 5.86. The lowest BCUT2D eigenvalue weighted by Crippen LogP contribution is -2.34. The highest BCUT2D eigenvalue weighted by molar-refractivity contribution is 9.10. The topological polar surface area (TPSA) is 63.2 Å². The smallest absolute Gasteiger partial charge is 0.220 e. The van der Waals surface area contributed by atoms with Gasteiger partial charge in [-0.25, -0.2) is 8.42 Å². The van der Waals surface area contributed by atoms with E-state index in [4.69, 9.17) is 0 Å². The summed E-state index contributed by atoms with van der Waals surface area (Å²) in [4.78, 5) is 12.6. The van der Waals surface area contributed by atoms with Crippen LogP contribution in [0.25, 0.3) is 0 Å². The molecule has 2 aromatic rings. The summed E-state index contributed by atoms with van der Waals surface area (Å²) >= 11 is 3.48. The van der Waals surface area contributed by atoms with Crippen LogP contribution in [0.15, 0.2) is 57.9 Å². The van der Waals surface area contributed by atoms with Crippen LogP contribution in [0.5, 0.6) is 0 Å². The molecule has 1 N–H and O–H groups in total. The molecule has 0 aliphatic carbocycles. The summed E-state index contributed by atoms with van der Waals surface area (Å²) in [6, 6.07) is 14.5. The monoisotopic (exact) mass is 407 g/mol. The van der Waals surface area contributed by atoms with Crippen molar-refractivity contribution >= 4 is 31.7 Å². The number of hydrogen-bond acceptors (Lipinski definition) is 3. The number of hydrogen-bond donors (Lipinski definition) is 1. The van der Waals surface area contributed by atoms with Gasteiger partial charge in [-0.1, -0.05) is 52.3 Å². The van der Waals surface area contributed by atoms with Crippen LogP contribution >= 0.6 is 15.9 Å². The van der Waals surface area contributed by atoms with E-state index in [9.17, 15) is 13.2 Å². The Balaban J connectivity index is 1.68. The quantitative estimate of drug-likeness (QED) is 0.844. The van der Waals surface area contributed by atoms with Crippen molar-refractivity contribution in [2.75, 3.05) is 5.75 Å². The lowest BCUT2D eigenvalue weighted by Gasteiger charge is -2.26. The summed E-state index contributed by atoms with van der Waals surface area (Å²) in [7, 11) is -3.23. The van der Waals surface area contributed by atoms with Gasteiger partial charge >= 0.3 is 0 Å². The van der Waals surface area contributed by atoms with Crippen molar-refractivity contribution in [2.45, 2.75) is 30.2 Å². The van der Waals surface area contributed by atoms with Gasteiger partial charge in [0.15, 0.2) is 9.84 Å². The predicted octanol–water partition coefficient (Wildman–Crippen LogP) is 3.42. The van der Waals surface area contributed by atoms with Crippen molar-refractivity contribution in [3.63, 3.8) is 0 Å². The zero-order valence-electron chi connectivity index (χ0n) is 13.0. The van der Waals surface area contributed by atoms with Crippen molar-refractivity contribution < 1.29 is 13.2 Å². The second kappa shape index (κ2) is 7.07. The largest absolute Gasteiger partial charge is 0.349 e. The summed E-state index contributed by atoms with van der Waals surface area (Å²) in [6.07, 6.45) is 1.42. The first-order chi connectivity index (χ1) is 11.5. The van der Waals surface area contributed by atoms with Gasteiger partial charge in [0.25, 0.3) is 0 Å². The molecular weight excluding hydrogens is 390 g/mol. The zero-order chi connectivity index (χ0) is 17.2. The molecule has 4 nitrogen and oxygen atoms in total. The Labute approximate surface area is 150 Å². The van der Waals surface area contributed by atoms with Gasteiger partial charge in [-0.05, 0) is 36.1 Å². The number of halogens is 1. The highest BCUT2D eigenvalue weighted by Gasteiger charge is 2.30. The lowest BCUT2D eigenvalue weighted by molar-refractivity contribution is -0.121. The summed E-state index contributed by atoms with van der Waals surface area (Å²) in [5.74, 6) is 0.00369. The fourth-order valence-corrected chi connectivity index (χ4v) is 5.06. The van der Waals surface area contributed by atoms with Crippen molar-refractivity contribution in [3.05, 3.63) is 64.1 Å². The van der Waals surface area contributed by atoms with Gasteiger partial charge in [-0.2, -0.15) is 0 Å². The third kappa shape index (κ3) is 3.70. The number of benzene rings is 2. The van der Waals surface area contributed by atoms with Gasteiger partial charge in [-0.15, -0.1) is 0 Å². The highest BCUT2D eigenvalue weighted by atomic mass is 79.9. The van der Waals surface area contributed by atoms with Crippen LogP contribution in [0.2, 0.25) is 0 Å². The molecule has 0 aromatic heterocycles. The molecule has 0 fully saturated rings. The Morgan fingerprint density at radius 3 is 2.62 bits per heavy atom. The fraction of sp³-hybridized carbons (Fsp3) is 0.278.